The Kier molecular flexibility index (Phi) is 4.30. The van der Waals surface area contributed by atoms with E-state index in [0.29, 0.717) is 19.6 Å². The lowest BCUT2D eigenvalue weighted by atomic mass is 10.0. The van der Waals surface area contributed by atoms with Gasteiger partial charge in [-0.2, -0.15) is 0 Å². The number of hydrogen-bond donors (Lipinski definition) is 2. The molecule has 1 atom stereocenters. The number of benzene rings is 1. The fourth-order valence-electron chi connectivity index (χ4n) is 1.88. The molecule has 4 N–H and O–H groups in total. The van der Waals surface area contributed by atoms with Crippen molar-refractivity contribution < 1.29 is 14.3 Å². The van der Waals surface area contributed by atoms with Crippen molar-refractivity contribution in [3.63, 3.8) is 0 Å². The molecule has 1 aliphatic rings. The monoisotopic (exact) mass is 250 g/mol. The third kappa shape index (κ3) is 3.53. The summed E-state index contributed by atoms with van der Waals surface area (Å²) in [5, 5.41) is 0. The number of rotatable bonds is 5. The number of ether oxygens (including phenoxy) is 2. The van der Waals surface area contributed by atoms with E-state index in [0.717, 1.165) is 17.5 Å². The fraction of sp³-hybridized carbons (Fsp3) is 0.462. The summed E-state index contributed by atoms with van der Waals surface area (Å²) in [6.07, 6.45) is 1.07. The van der Waals surface area contributed by atoms with Crippen molar-refractivity contribution in [2.75, 3.05) is 13.2 Å². The van der Waals surface area contributed by atoms with Crippen LogP contribution in [0.3, 0.4) is 0 Å². The molecule has 0 radical (unpaired) electrons. The van der Waals surface area contributed by atoms with Crippen LogP contribution in [0, 0.1) is 0 Å². The highest BCUT2D eigenvalue weighted by Crippen LogP contribution is 2.13. The van der Waals surface area contributed by atoms with Crippen molar-refractivity contribution in [1.29, 1.82) is 0 Å². The molecule has 18 heavy (non-hydrogen) atoms. The maximum absolute atomic E-state index is 10.9. The molecule has 5 nitrogen and oxygen atoms in total. The van der Waals surface area contributed by atoms with E-state index in [-0.39, 0.29) is 6.29 Å². The second-order valence-electron chi connectivity index (χ2n) is 4.40. The molecular weight excluding hydrogens is 232 g/mol. The predicted octanol–water partition coefficient (Wildman–Crippen LogP) is -0.0429. The third-order valence-electron chi connectivity index (χ3n) is 2.94. The lowest BCUT2D eigenvalue weighted by Crippen LogP contribution is -2.38. The van der Waals surface area contributed by atoms with E-state index in [1.165, 1.54) is 0 Å². The van der Waals surface area contributed by atoms with E-state index >= 15 is 0 Å². The van der Waals surface area contributed by atoms with Crippen LogP contribution in [0.5, 0.6) is 0 Å². The average Bonchev–Trinajstić information content (AvgIpc) is 2.84. The smallest absolute Gasteiger partial charge is 0.234 e. The number of amides is 1. The van der Waals surface area contributed by atoms with Gasteiger partial charge in [0.25, 0.3) is 0 Å². The van der Waals surface area contributed by atoms with Gasteiger partial charge in [0.15, 0.2) is 6.29 Å². The van der Waals surface area contributed by atoms with Gasteiger partial charge < -0.3 is 20.9 Å². The first-order chi connectivity index (χ1) is 8.65. The summed E-state index contributed by atoms with van der Waals surface area (Å²) in [4.78, 5) is 10.9. The zero-order valence-corrected chi connectivity index (χ0v) is 10.2. The number of carbonyl (C=O) groups is 1. The van der Waals surface area contributed by atoms with Crippen LogP contribution in [0.25, 0.3) is 0 Å². The van der Waals surface area contributed by atoms with Crippen LogP contribution in [0.2, 0.25) is 0 Å². The molecule has 2 rings (SSSR count). The summed E-state index contributed by atoms with van der Waals surface area (Å²) in [6, 6.07) is 7.26. The van der Waals surface area contributed by atoms with E-state index in [1.807, 2.05) is 24.3 Å². The molecule has 1 aromatic carbocycles. The van der Waals surface area contributed by atoms with Crippen LogP contribution < -0.4 is 11.5 Å². The molecule has 0 bridgehead atoms. The topological polar surface area (TPSA) is 87.6 Å². The van der Waals surface area contributed by atoms with Crippen molar-refractivity contribution in [2.45, 2.75) is 25.2 Å². The Morgan fingerprint density at radius 3 is 2.33 bits per heavy atom. The highest BCUT2D eigenvalue weighted by Gasteiger charge is 2.16. The molecule has 0 saturated carbocycles. The molecule has 0 aliphatic carbocycles. The Morgan fingerprint density at radius 1 is 1.22 bits per heavy atom. The Hall–Kier alpha value is -1.43. The first kappa shape index (κ1) is 13.0. The Labute approximate surface area is 106 Å². The highest BCUT2D eigenvalue weighted by molar-refractivity contribution is 5.79. The van der Waals surface area contributed by atoms with Crippen molar-refractivity contribution in [3.05, 3.63) is 35.4 Å². The number of carbonyl (C=O) groups excluding carboxylic acids is 1. The lowest BCUT2D eigenvalue weighted by Gasteiger charge is -2.10. The number of hydrogen-bond acceptors (Lipinski definition) is 4. The fourth-order valence-corrected chi connectivity index (χ4v) is 1.88. The Bertz CT molecular complexity index is 399. The van der Waals surface area contributed by atoms with Gasteiger partial charge in [0.05, 0.1) is 19.3 Å². The molecule has 1 aliphatic heterocycles. The minimum atomic E-state index is -0.627. The van der Waals surface area contributed by atoms with E-state index in [1.54, 1.807) is 0 Å². The summed E-state index contributed by atoms with van der Waals surface area (Å²) in [5.74, 6) is -0.480. The summed E-state index contributed by atoms with van der Waals surface area (Å²) in [5.41, 5.74) is 12.9. The van der Waals surface area contributed by atoms with Gasteiger partial charge in [0, 0.05) is 6.42 Å². The van der Waals surface area contributed by atoms with Gasteiger partial charge in [-0.05, 0) is 17.5 Å². The maximum atomic E-state index is 10.9. The molecule has 98 valence electrons. The first-order valence-electron chi connectivity index (χ1n) is 6.01. The third-order valence-corrected chi connectivity index (χ3v) is 2.94. The largest absolute Gasteiger partial charge is 0.368 e. The van der Waals surface area contributed by atoms with Crippen LogP contribution >= 0.6 is 0 Å². The summed E-state index contributed by atoms with van der Waals surface area (Å²) >= 11 is 0. The van der Waals surface area contributed by atoms with Gasteiger partial charge in [0.2, 0.25) is 5.91 Å². The summed E-state index contributed by atoms with van der Waals surface area (Å²) in [6.45, 7) is 1.33. The van der Waals surface area contributed by atoms with Gasteiger partial charge in [-0.15, -0.1) is 0 Å². The molecule has 1 aromatic rings. The molecule has 1 amide bonds. The van der Waals surface area contributed by atoms with Gasteiger partial charge in [-0.25, -0.2) is 0 Å². The maximum Gasteiger partial charge on any atom is 0.234 e. The van der Waals surface area contributed by atoms with Crippen molar-refractivity contribution in [3.8, 4) is 0 Å². The second kappa shape index (κ2) is 5.95. The quantitative estimate of drug-likeness (QED) is 0.767. The van der Waals surface area contributed by atoms with Crippen LogP contribution in [-0.2, 0) is 27.1 Å². The minimum absolute atomic E-state index is 0.135. The van der Waals surface area contributed by atoms with Gasteiger partial charge in [-0.1, -0.05) is 24.3 Å². The summed E-state index contributed by atoms with van der Waals surface area (Å²) in [7, 11) is 0. The molecular formula is C13H18N2O3. The molecule has 0 unspecified atom stereocenters. The zero-order chi connectivity index (χ0) is 13.0. The molecule has 0 spiro atoms. The van der Waals surface area contributed by atoms with E-state index < -0.39 is 11.9 Å². The Morgan fingerprint density at radius 2 is 1.78 bits per heavy atom. The van der Waals surface area contributed by atoms with Crippen LogP contribution in [-0.4, -0.2) is 31.5 Å². The van der Waals surface area contributed by atoms with Crippen LogP contribution in [0.15, 0.2) is 24.3 Å². The Balaban J connectivity index is 1.90. The van der Waals surface area contributed by atoms with E-state index in [2.05, 4.69) is 0 Å². The van der Waals surface area contributed by atoms with Crippen LogP contribution in [0.1, 0.15) is 11.1 Å². The number of primary amides is 1. The van der Waals surface area contributed by atoms with E-state index in [4.69, 9.17) is 20.9 Å². The second-order valence-corrected chi connectivity index (χ2v) is 4.40. The molecule has 1 fully saturated rings. The standard InChI is InChI=1S/C13H18N2O3/c14-11(13(15)16)7-9-1-3-10(4-2-9)8-12-17-5-6-18-12/h1-4,11-12H,5-8,14H2,(H2,15,16)/t11-/m0/s1. The van der Waals surface area contributed by atoms with Crippen molar-refractivity contribution >= 4 is 5.91 Å². The van der Waals surface area contributed by atoms with Crippen molar-refractivity contribution in [2.24, 2.45) is 11.5 Å². The van der Waals surface area contributed by atoms with Gasteiger partial charge in [-0.3, -0.25) is 4.79 Å². The number of nitrogens with two attached hydrogens (primary N) is 2. The summed E-state index contributed by atoms with van der Waals surface area (Å²) < 4.78 is 10.8. The lowest BCUT2D eigenvalue weighted by molar-refractivity contribution is -0.119. The van der Waals surface area contributed by atoms with Gasteiger partial charge in [0.1, 0.15) is 0 Å². The predicted molar refractivity (Wildman–Crippen MR) is 66.7 cm³/mol. The van der Waals surface area contributed by atoms with Gasteiger partial charge >= 0.3 is 0 Å². The SMILES string of the molecule is NC(=O)[C@@H](N)Cc1ccc(CC2OCCO2)cc1. The zero-order valence-electron chi connectivity index (χ0n) is 10.2. The van der Waals surface area contributed by atoms with E-state index in [9.17, 15) is 4.79 Å². The van der Waals surface area contributed by atoms with Crippen LogP contribution in [0.4, 0.5) is 0 Å². The molecule has 5 heteroatoms. The normalized spacial score (nSPS) is 17.8. The average molecular weight is 250 g/mol. The molecule has 1 heterocycles. The minimum Gasteiger partial charge on any atom is -0.368 e. The molecule has 1 saturated heterocycles. The van der Waals surface area contributed by atoms with Crippen molar-refractivity contribution in [1.82, 2.24) is 0 Å². The highest BCUT2D eigenvalue weighted by atomic mass is 16.7. The first-order valence-corrected chi connectivity index (χ1v) is 6.01. The molecule has 0 aromatic heterocycles.